The van der Waals surface area contributed by atoms with Gasteiger partial charge in [-0.05, 0) is 84.3 Å². The van der Waals surface area contributed by atoms with E-state index in [-0.39, 0.29) is 5.08 Å². The molecule has 1 atom stereocenters. The van der Waals surface area contributed by atoms with E-state index in [2.05, 4.69) is 45.2 Å². The molecular weight excluding hydrogens is 446 g/mol. The van der Waals surface area contributed by atoms with Crippen LogP contribution in [0.25, 0.3) is 0 Å². The monoisotopic (exact) mass is 471 g/mol. The third-order valence-electron chi connectivity index (χ3n) is 5.56. The number of hydrogen-bond acceptors (Lipinski definition) is 6. The molecule has 0 radical (unpaired) electrons. The molecular formula is C19H26BrN3O2S2. The first-order valence-electron chi connectivity index (χ1n) is 9.42. The Kier molecular flexibility index (Phi) is 4.83. The Balaban J connectivity index is 1.72. The number of thioether (sulfide) groups is 1. The summed E-state index contributed by atoms with van der Waals surface area (Å²) in [5.41, 5.74) is 6.44. The van der Waals surface area contributed by atoms with E-state index in [0.717, 1.165) is 23.9 Å². The molecule has 0 bridgehead atoms. The molecule has 8 heteroatoms. The Morgan fingerprint density at radius 1 is 1.41 bits per heavy atom. The standard InChI is InChI=1S/C19H26BrN3O2S2/c1-18(2)8-7-11-12(9-18)13(10-5-6-10)26-14(11)23-16(20)21-22-17(23)27-19(3,4)15(24)25/h10,16,21H,5-9H2,1-4H3,(H,24,25). The number of carboxylic acid groups (broad SMARTS) is 1. The number of hydrazone groups is 1. The molecule has 3 aliphatic rings. The number of carbonyl (C=O) groups is 1. The van der Waals surface area contributed by atoms with Crippen molar-refractivity contribution in [2.45, 2.75) is 75.5 Å². The van der Waals surface area contributed by atoms with Crippen molar-refractivity contribution in [1.82, 2.24) is 5.43 Å². The lowest BCUT2D eigenvalue weighted by Crippen LogP contribution is -2.38. The zero-order chi connectivity index (χ0) is 19.6. The Morgan fingerprint density at radius 3 is 2.74 bits per heavy atom. The van der Waals surface area contributed by atoms with Crippen molar-refractivity contribution in [2.24, 2.45) is 10.5 Å². The summed E-state index contributed by atoms with van der Waals surface area (Å²) in [6.07, 6.45) is 5.99. The van der Waals surface area contributed by atoms with E-state index >= 15 is 0 Å². The molecule has 2 aliphatic carbocycles. The molecule has 148 valence electrons. The summed E-state index contributed by atoms with van der Waals surface area (Å²) in [4.78, 5) is 15.3. The number of rotatable bonds is 4. The molecule has 1 aliphatic heterocycles. The number of amidine groups is 1. The van der Waals surface area contributed by atoms with Gasteiger partial charge in [0.2, 0.25) is 0 Å². The third kappa shape index (κ3) is 3.65. The lowest BCUT2D eigenvalue weighted by atomic mass is 9.74. The van der Waals surface area contributed by atoms with Crippen LogP contribution in [-0.4, -0.2) is 26.1 Å². The minimum atomic E-state index is -0.936. The van der Waals surface area contributed by atoms with Gasteiger partial charge in [0.1, 0.15) is 9.75 Å². The fourth-order valence-corrected chi connectivity index (χ4v) is 7.04. The van der Waals surface area contributed by atoms with Crippen LogP contribution in [0.2, 0.25) is 0 Å². The number of alkyl halides is 1. The van der Waals surface area contributed by atoms with Gasteiger partial charge >= 0.3 is 5.97 Å². The average molecular weight is 472 g/mol. The average Bonchev–Trinajstić information content (AvgIpc) is 3.26. The Labute approximate surface area is 177 Å². The molecule has 0 spiro atoms. The molecule has 1 aromatic heterocycles. The van der Waals surface area contributed by atoms with Crippen molar-refractivity contribution in [3.05, 3.63) is 16.0 Å². The predicted octanol–water partition coefficient (Wildman–Crippen LogP) is 5.10. The van der Waals surface area contributed by atoms with Crippen molar-refractivity contribution in [3.63, 3.8) is 0 Å². The second-order valence-electron chi connectivity index (χ2n) is 8.99. The number of anilines is 1. The van der Waals surface area contributed by atoms with Crippen LogP contribution in [-0.2, 0) is 17.6 Å². The Bertz CT molecular complexity index is 814. The minimum Gasteiger partial charge on any atom is -0.480 e. The highest BCUT2D eigenvalue weighted by molar-refractivity contribution is 9.09. The van der Waals surface area contributed by atoms with Crippen LogP contribution < -0.4 is 10.3 Å². The number of carboxylic acids is 1. The van der Waals surface area contributed by atoms with E-state index in [1.807, 2.05) is 11.3 Å². The zero-order valence-corrected chi connectivity index (χ0v) is 19.4. The number of aliphatic carboxylic acids is 1. The van der Waals surface area contributed by atoms with Gasteiger partial charge in [0.25, 0.3) is 0 Å². The SMILES string of the molecule is CC1(C)CCc2c(N3C(SC(C)(C)C(=O)O)=NNC3Br)sc(C3CC3)c2C1. The first kappa shape index (κ1) is 19.6. The number of nitrogens with zero attached hydrogens (tertiary/aromatic N) is 2. The normalized spacial score (nSPS) is 24.4. The second kappa shape index (κ2) is 6.66. The van der Waals surface area contributed by atoms with E-state index in [1.165, 1.54) is 41.6 Å². The molecule has 5 nitrogen and oxygen atoms in total. The fourth-order valence-electron chi connectivity index (χ4n) is 3.71. The molecule has 4 rings (SSSR count). The summed E-state index contributed by atoms with van der Waals surface area (Å²) >= 11 is 6.88. The fraction of sp³-hybridized carbons (Fsp3) is 0.684. The van der Waals surface area contributed by atoms with E-state index in [9.17, 15) is 9.90 Å². The Morgan fingerprint density at radius 2 is 2.11 bits per heavy atom. The van der Waals surface area contributed by atoms with Crippen molar-refractivity contribution in [1.29, 1.82) is 0 Å². The summed E-state index contributed by atoms with van der Waals surface area (Å²) in [6, 6.07) is 0. The molecule has 2 N–H and O–H groups in total. The lowest BCUT2D eigenvalue weighted by Gasteiger charge is -2.32. The van der Waals surface area contributed by atoms with Gasteiger partial charge in [0.05, 0.1) is 0 Å². The second-order valence-corrected chi connectivity index (χ2v) is 12.5. The van der Waals surface area contributed by atoms with Crippen LogP contribution in [0.3, 0.4) is 0 Å². The number of halogens is 1. The molecule has 0 saturated heterocycles. The van der Waals surface area contributed by atoms with E-state index in [4.69, 9.17) is 0 Å². The number of fused-ring (bicyclic) bond motifs is 1. The van der Waals surface area contributed by atoms with Crippen molar-refractivity contribution in [2.75, 3.05) is 4.90 Å². The zero-order valence-electron chi connectivity index (χ0n) is 16.1. The maximum absolute atomic E-state index is 11.6. The lowest BCUT2D eigenvalue weighted by molar-refractivity contribution is -0.138. The minimum absolute atomic E-state index is 0.144. The van der Waals surface area contributed by atoms with Crippen LogP contribution in [0.4, 0.5) is 5.00 Å². The van der Waals surface area contributed by atoms with Gasteiger partial charge in [-0.3, -0.25) is 15.1 Å². The summed E-state index contributed by atoms with van der Waals surface area (Å²) in [5, 5.41) is 15.8. The van der Waals surface area contributed by atoms with Crippen LogP contribution in [0.5, 0.6) is 0 Å². The highest BCUT2D eigenvalue weighted by Crippen LogP contribution is 2.54. The van der Waals surface area contributed by atoms with E-state index < -0.39 is 10.7 Å². The van der Waals surface area contributed by atoms with Crippen LogP contribution in [0, 0.1) is 5.41 Å². The van der Waals surface area contributed by atoms with Crippen LogP contribution >= 0.6 is 39.0 Å². The van der Waals surface area contributed by atoms with Crippen molar-refractivity contribution in [3.8, 4) is 0 Å². The summed E-state index contributed by atoms with van der Waals surface area (Å²) < 4.78 is -0.936. The topological polar surface area (TPSA) is 64.9 Å². The number of nitrogens with one attached hydrogen (secondary N) is 1. The van der Waals surface area contributed by atoms with Gasteiger partial charge in [-0.2, -0.15) is 5.10 Å². The van der Waals surface area contributed by atoms with Gasteiger partial charge in [-0.15, -0.1) is 11.3 Å². The largest absolute Gasteiger partial charge is 0.480 e. The molecule has 0 amide bonds. The van der Waals surface area contributed by atoms with Crippen LogP contribution in [0.15, 0.2) is 5.10 Å². The molecule has 0 aromatic carbocycles. The quantitative estimate of drug-likeness (QED) is 0.472. The highest BCUT2D eigenvalue weighted by atomic mass is 79.9. The molecule has 1 aromatic rings. The number of hydrogen-bond donors (Lipinski definition) is 2. The van der Waals surface area contributed by atoms with Gasteiger partial charge in [-0.1, -0.05) is 25.6 Å². The molecule has 1 unspecified atom stereocenters. The maximum Gasteiger partial charge on any atom is 0.319 e. The summed E-state index contributed by atoms with van der Waals surface area (Å²) in [6.45, 7) is 8.19. The summed E-state index contributed by atoms with van der Waals surface area (Å²) in [7, 11) is 0. The smallest absolute Gasteiger partial charge is 0.319 e. The Hall–Kier alpha value is -0.730. The maximum atomic E-state index is 11.6. The predicted molar refractivity (Wildman–Crippen MR) is 117 cm³/mol. The van der Waals surface area contributed by atoms with E-state index in [0.29, 0.717) is 5.41 Å². The molecule has 1 saturated carbocycles. The van der Waals surface area contributed by atoms with Gasteiger partial charge < -0.3 is 5.11 Å². The highest BCUT2D eigenvalue weighted by Gasteiger charge is 2.42. The molecule has 1 fully saturated rings. The summed E-state index contributed by atoms with van der Waals surface area (Å²) in [5.74, 6) is -0.110. The van der Waals surface area contributed by atoms with E-state index in [1.54, 1.807) is 24.3 Å². The first-order valence-corrected chi connectivity index (χ1v) is 12.0. The third-order valence-corrected chi connectivity index (χ3v) is 8.77. The van der Waals surface area contributed by atoms with Crippen molar-refractivity contribution < 1.29 is 9.90 Å². The van der Waals surface area contributed by atoms with Gasteiger partial charge in [0.15, 0.2) is 10.2 Å². The van der Waals surface area contributed by atoms with Gasteiger partial charge in [0, 0.05) is 4.88 Å². The van der Waals surface area contributed by atoms with Gasteiger partial charge in [-0.25, -0.2) is 0 Å². The molecule has 27 heavy (non-hydrogen) atoms. The van der Waals surface area contributed by atoms with Crippen molar-refractivity contribution >= 4 is 55.2 Å². The number of thiophene rings is 1. The first-order chi connectivity index (χ1) is 12.6. The molecule has 2 heterocycles. The van der Waals surface area contributed by atoms with Crippen LogP contribution in [0.1, 0.15) is 68.9 Å².